The predicted molar refractivity (Wildman–Crippen MR) is 44.3 cm³/mol. The molecule has 1 aromatic heterocycles. The molecule has 0 fully saturated rings. The Bertz CT molecular complexity index is 285. The Hall–Kier alpha value is -1.52. The van der Waals surface area contributed by atoms with E-state index in [0.717, 1.165) is 5.69 Å². The van der Waals surface area contributed by atoms with Crippen molar-refractivity contribution < 1.29 is 0 Å². The van der Waals surface area contributed by atoms with Crippen LogP contribution in [0, 0.1) is 6.92 Å². The molecule has 1 heterocycles. The van der Waals surface area contributed by atoms with Gasteiger partial charge in [0.2, 0.25) is 5.96 Å². The van der Waals surface area contributed by atoms with E-state index in [2.05, 4.69) is 10.1 Å². The van der Waals surface area contributed by atoms with Crippen molar-refractivity contribution >= 4 is 11.8 Å². The molecular formula is C6H11N5. The summed E-state index contributed by atoms with van der Waals surface area (Å²) in [5.74, 6) is 0.807. The molecule has 11 heavy (non-hydrogen) atoms. The van der Waals surface area contributed by atoms with Gasteiger partial charge in [0.15, 0.2) is 0 Å². The number of rotatable bonds is 0. The Morgan fingerprint density at radius 1 is 1.73 bits per heavy atom. The second kappa shape index (κ2) is 2.61. The van der Waals surface area contributed by atoms with Crippen LogP contribution in [-0.4, -0.2) is 22.8 Å². The monoisotopic (exact) mass is 153 g/mol. The molecule has 4 N–H and O–H groups in total. The van der Waals surface area contributed by atoms with Gasteiger partial charge in [0, 0.05) is 13.1 Å². The Labute approximate surface area is 64.7 Å². The van der Waals surface area contributed by atoms with Gasteiger partial charge in [-0.2, -0.15) is 9.78 Å². The molecular weight excluding hydrogens is 142 g/mol. The lowest BCUT2D eigenvalue weighted by molar-refractivity contribution is 0.905. The summed E-state index contributed by atoms with van der Waals surface area (Å²) in [7, 11) is 1.59. The van der Waals surface area contributed by atoms with Gasteiger partial charge in [-0.25, -0.2) is 0 Å². The molecule has 0 saturated heterocycles. The van der Waals surface area contributed by atoms with Crippen LogP contribution in [-0.2, 0) is 0 Å². The van der Waals surface area contributed by atoms with E-state index < -0.39 is 0 Å². The number of aliphatic imine (C=N–C) groups is 1. The highest BCUT2D eigenvalue weighted by atomic mass is 15.4. The molecule has 1 rings (SSSR count). The van der Waals surface area contributed by atoms with Crippen LogP contribution in [0.5, 0.6) is 0 Å². The van der Waals surface area contributed by atoms with E-state index in [1.54, 1.807) is 13.1 Å². The van der Waals surface area contributed by atoms with E-state index >= 15 is 0 Å². The second-order valence-corrected chi connectivity index (χ2v) is 2.20. The fourth-order valence-corrected chi connectivity index (χ4v) is 0.798. The predicted octanol–water partition coefficient (Wildman–Crippen LogP) is -0.434. The lowest BCUT2D eigenvalue weighted by Crippen LogP contribution is -2.24. The third-order valence-electron chi connectivity index (χ3n) is 1.31. The van der Waals surface area contributed by atoms with Crippen LogP contribution in [0.15, 0.2) is 11.1 Å². The highest BCUT2D eigenvalue weighted by Gasteiger charge is 2.02. The van der Waals surface area contributed by atoms with Gasteiger partial charge in [-0.3, -0.25) is 4.99 Å². The molecule has 0 atom stereocenters. The van der Waals surface area contributed by atoms with Gasteiger partial charge in [-0.15, -0.1) is 0 Å². The molecule has 0 aliphatic heterocycles. The lowest BCUT2D eigenvalue weighted by atomic mass is 10.5. The number of aromatic nitrogens is 2. The first kappa shape index (κ1) is 7.59. The molecule has 1 aromatic rings. The Kier molecular flexibility index (Phi) is 1.80. The topological polar surface area (TPSA) is 82.2 Å². The van der Waals surface area contributed by atoms with Crippen LogP contribution >= 0.6 is 0 Å². The van der Waals surface area contributed by atoms with Gasteiger partial charge in [0.05, 0.1) is 5.69 Å². The van der Waals surface area contributed by atoms with Crippen molar-refractivity contribution in [3.8, 4) is 0 Å². The number of nitrogens with zero attached hydrogens (tertiary/aromatic N) is 3. The van der Waals surface area contributed by atoms with Crippen molar-refractivity contribution in [2.45, 2.75) is 6.92 Å². The van der Waals surface area contributed by atoms with Gasteiger partial charge in [-0.05, 0) is 6.92 Å². The van der Waals surface area contributed by atoms with E-state index in [0.29, 0.717) is 11.8 Å². The molecule has 60 valence electrons. The van der Waals surface area contributed by atoms with Crippen LogP contribution in [0.1, 0.15) is 5.69 Å². The summed E-state index contributed by atoms with van der Waals surface area (Å²) < 4.78 is 1.40. The number of hydrogen-bond donors (Lipinski definition) is 2. The molecule has 5 nitrogen and oxygen atoms in total. The van der Waals surface area contributed by atoms with E-state index in [4.69, 9.17) is 11.5 Å². The van der Waals surface area contributed by atoms with Gasteiger partial charge < -0.3 is 11.5 Å². The molecule has 0 spiro atoms. The largest absolute Gasteiger partial charge is 0.383 e. The van der Waals surface area contributed by atoms with Crippen molar-refractivity contribution in [2.75, 3.05) is 12.8 Å². The van der Waals surface area contributed by atoms with Gasteiger partial charge in [0.25, 0.3) is 0 Å². The molecule has 0 amide bonds. The van der Waals surface area contributed by atoms with Gasteiger partial charge >= 0.3 is 0 Å². The average Bonchev–Trinajstić information content (AvgIpc) is 2.28. The summed E-state index contributed by atoms with van der Waals surface area (Å²) >= 11 is 0. The molecule has 0 bridgehead atoms. The van der Waals surface area contributed by atoms with E-state index in [9.17, 15) is 0 Å². The first-order valence-corrected chi connectivity index (χ1v) is 3.20. The van der Waals surface area contributed by atoms with Crippen molar-refractivity contribution in [2.24, 2.45) is 10.7 Å². The van der Waals surface area contributed by atoms with Crippen molar-refractivity contribution in [1.29, 1.82) is 0 Å². The van der Waals surface area contributed by atoms with Crippen LogP contribution < -0.4 is 11.5 Å². The maximum atomic E-state index is 5.56. The molecule has 0 unspecified atom stereocenters. The van der Waals surface area contributed by atoms with Crippen LogP contribution in [0.3, 0.4) is 0 Å². The standard InChI is InChI=1S/C6H11N5/c1-4-3-5(7)11(10-4)6(8)9-2/h3H,7H2,1-2H3,(H2,8,9). The van der Waals surface area contributed by atoms with Crippen molar-refractivity contribution in [1.82, 2.24) is 9.78 Å². The maximum Gasteiger partial charge on any atom is 0.218 e. The second-order valence-electron chi connectivity index (χ2n) is 2.20. The summed E-state index contributed by atoms with van der Waals surface area (Å²) in [6, 6.07) is 1.73. The fraction of sp³-hybridized carbons (Fsp3) is 0.333. The first-order chi connectivity index (χ1) is 5.15. The Morgan fingerprint density at radius 2 is 2.36 bits per heavy atom. The van der Waals surface area contributed by atoms with Gasteiger partial charge in [0.1, 0.15) is 5.82 Å². The maximum absolute atomic E-state index is 5.56. The zero-order chi connectivity index (χ0) is 8.43. The molecule has 5 heteroatoms. The number of aryl methyl sites for hydroxylation is 1. The van der Waals surface area contributed by atoms with E-state index in [1.165, 1.54) is 4.68 Å². The highest BCUT2D eigenvalue weighted by Crippen LogP contribution is 2.02. The van der Waals surface area contributed by atoms with Crippen LogP contribution in [0.4, 0.5) is 5.82 Å². The average molecular weight is 153 g/mol. The molecule has 0 aromatic carbocycles. The molecule has 0 aliphatic carbocycles. The first-order valence-electron chi connectivity index (χ1n) is 3.20. The third-order valence-corrected chi connectivity index (χ3v) is 1.31. The normalized spacial score (nSPS) is 12.0. The van der Waals surface area contributed by atoms with Crippen molar-refractivity contribution in [3.05, 3.63) is 11.8 Å². The minimum atomic E-state index is 0.301. The van der Waals surface area contributed by atoms with Gasteiger partial charge in [-0.1, -0.05) is 0 Å². The quantitative estimate of drug-likeness (QED) is 0.392. The number of anilines is 1. The zero-order valence-electron chi connectivity index (χ0n) is 6.57. The number of nitrogens with two attached hydrogens (primary N) is 2. The summed E-state index contributed by atoms with van der Waals surface area (Å²) in [6.07, 6.45) is 0. The summed E-state index contributed by atoms with van der Waals surface area (Å²) in [5.41, 5.74) is 11.9. The van der Waals surface area contributed by atoms with E-state index in [-0.39, 0.29) is 0 Å². The zero-order valence-corrected chi connectivity index (χ0v) is 6.57. The summed E-state index contributed by atoms with van der Waals surface area (Å²) in [4.78, 5) is 3.75. The Morgan fingerprint density at radius 3 is 2.73 bits per heavy atom. The van der Waals surface area contributed by atoms with Crippen LogP contribution in [0.25, 0.3) is 0 Å². The van der Waals surface area contributed by atoms with E-state index in [1.807, 2.05) is 6.92 Å². The minimum Gasteiger partial charge on any atom is -0.383 e. The smallest absolute Gasteiger partial charge is 0.218 e. The molecule has 0 radical (unpaired) electrons. The summed E-state index contributed by atoms with van der Waals surface area (Å²) in [5, 5.41) is 4.02. The third kappa shape index (κ3) is 1.31. The molecule has 0 aliphatic rings. The van der Waals surface area contributed by atoms with Crippen molar-refractivity contribution in [3.63, 3.8) is 0 Å². The summed E-state index contributed by atoms with van der Waals surface area (Å²) in [6.45, 7) is 1.84. The SMILES string of the molecule is CN=C(N)n1nc(C)cc1N. The van der Waals surface area contributed by atoms with Crippen LogP contribution in [0.2, 0.25) is 0 Å². The number of hydrogen-bond acceptors (Lipinski definition) is 3. The lowest BCUT2D eigenvalue weighted by Gasteiger charge is -1.99. The highest BCUT2D eigenvalue weighted by molar-refractivity contribution is 5.82. The fourth-order valence-electron chi connectivity index (χ4n) is 0.798. The number of nitrogen functional groups attached to an aromatic ring is 1. The minimum absolute atomic E-state index is 0.301. The molecule has 0 saturated carbocycles. The Balaban J connectivity index is 3.13.